The molecule has 0 heterocycles. The van der Waals surface area contributed by atoms with E-state index in [0.717, 1.165) is 5.56 Å². The summed E-state index contributed by atoms with van der Waals surface area (Å²) in [6, 6.07) is 6.35. The molecule has 6 nitrogen and oxygen atoms in total. The molecule has 2 atom stereocenters. The monoisotopic (exact) mass is 398 g/mol. The summed E-state index contributed by atoms with van der Waals surface area (Å²) in [6.07, 6.45) is 0.506. The molecule has 0 saturated carbocycles. The third-order valence-corrected chi connectivity index (χ3v) is 3.98. The van der Waals surface area contributed by atoms with E-state index in [1.165, 1.54) is 0 Å². The molecule has 27 heavy (non-hydrogen) atoms. The third-order valence-electron chi connectivity index (χ3n) is 3.73. The summed E-state index contributed by atoms with van der Waals surface area (Å²) in [5.74, 6) is -0.654. The minimum atomic E-state index is -0.897. The van der Waals surface area contributed by atoms with E-state index in [1.807, 2.05) is 26.0 Å². The van der Waals surface area contributed by atoms with Gasteiger partial charge in [-0.15, -0.1) is 0 Å². The molecule has 0 fully saturated rings. The molecule has 0 spiro atoms. The van der Waals surface area contributed by atoms with Gasteiger partial charge in [0.05, 0.1) is 0 Å². The zero-order chi connectivity index (χ0) is 20.6. The van der Waals surface area contributed by atoms with Gasteiger partial charge in [-0.1, -0.05) is 37.6 Å². The normalized spacial score (nSPS) is 13.9. The molecule has 0 aliphatic carbocycles. The fourth-order valence-electron chi connectivity index (χ4n) is 2.58. The summed E-state index contributed by atoms with van der Waals surface area (Å²) in [6.45, 7) is 9.64. The van der Waals surface area contributed by atoms with Crippen LogP contribution < -0.4 is 10.6 Å². The van der Waals surface area contributed by atoms with Crippen molar-refractivity contribution in [3.8, 4) is 0 Å². The number of hydrogen-bond acceptors (Lipinski definition) is 4. The second-order valence-corrected chi connectivity index (χ2v) is 8.54. The number of ether oxygens (including phenoxy) is 1. The number of carboxylic acids is 1. The van der Waals surface area contributed by atoms with Gasteiger partial charge in [0, 0.05) is 17.6 Å². The van der Waals surface area contributed by atoms with E-state index in [9.17, 15) is 14.7 Å². The van der Waals surface area contributed by atoms with Crippen LogP contribution in [0.25, 0.3) is 0 Å². The molecule has 0 saturated heterocycles. The first kappa shape index (κ1) is 23.2. The van der Waals surface area contributed by atoms with Crippen molar-refractivity contribution in [1.82, 2.24) is 10.6 Å². The van der Waals surface area contributed by atoms with Crippen molar-refractivity contribution < 1.29 is 19.4 Å². The number of rotatable bonds is 9. The van der Waals surface area contributed by atoms with Gasteiger partial charge in [-0.2, -0.15) is 0 Å². The highest BCUT2D eigenvalue weighted by Gasteiger charge is 2.23. The second-order valence-electron chi connectivity index (χ2n) is 8.10. The van der Waals surface area contributed by atoms with Crippen molar-refractivity contribution in [3.63, 3.8) is 0 Å². The lowest BCUT2D eigenvalue weighted by Crippen LogP contribution is -2.49. The van der Waals surface area contributed by atoms with E-state index < -0.39 is 23.7 Å². The molecule has 1 amide bonds. The van der Waals surface area contributed by atoms with Gasteiger partial charge in [0.25, 0.3) is 0 Å². The number of nitrogens with one attached hydrogen (secondary N) is 2. The smallest absolute Gasteiger partial charge is 0.407 e. The maximum Gasteiger partial charge on any atom is 0.407 e. The Morgan fingerprint density at radius 2 is 1.78 bits per heavy atom. The zero-order valence-corrected chi connectivity index (χ0v) is 17.5. The lowest BCUT2D eigenvalue weighted by molar-refractivity contribution is -0.139. The molecule has 7 heteroatoms. The first-order chi connectivity index (χ1) is 12.5. The van der Waals surface area contributed by atoms with Crippen LogP contribution in [0, 0.1) is 5.92 Å². The predicted molar refractivity (Wildman–Crippen MR) is 107 cm³/mol. The first-order valence-corrected chi connectivity index (χ1v) is 9.54. The van der Waals surface area contributed by atoms with Crippen LogP contribution in [0.5, 0.6) is 0 Å². The number of carbonyl (C=O) groups is 2. The standard InChI is InChI=1S/C20H31ClN2O4/c1-13(2)10-17(18(24)25)22-12-16(23-19(26)27-20(3,4)5)11-14-6-8-15(21)9-7-14/h6-9,13,16-17,22H,10-12H2,1-5H3,(H,23,26)(H,24,25). The molecule has 1 rings (SSSR count). The highest BCUT2D eigenvalue weighted by Crippen LogP contribution is 2.13. The van der Waals surface area contributed by atoms with Gasteiger partial charge in [0.2, 0.25) is 0 Å². The molecule has 0 aromatic heterocycles. The predicted octanol–water partition coefficient (Wildman–Crippen LogP) is 3.86. The van der Waals surface area contributed by atoms with Crippen LogP contribution in [-0.4, -0.2) is 41.4 Å². The molecule has 0 aliphatic rings. The van der Waals surface area contributed by atoms with Crippen LogP contribution in [0.1, 0.15) is 46.6 Å². The molecule has 152 valence electrons. The third kappa shape index (κ3) is 10.2. The summed E-state index contributed by atoms with van der Waals surface area (Å²) < 4.78 is 5.33. The quantitative estimate of drug-likeness (QED) is 0.587. The lowest BCUT2D eigenvalue weighted by Gasteiger charge is -2.25. The van der Waals surface area contributed by atoms with Crippen LogP contribution in [0.2, 0.25) is 5.02 Å². The molecule has 0 radical (unpaired) electrons. The molecule has 2 unspecified atom stereocenters. The summed E-state index contributed by atoms with van der Waals surface area (Å²) >= 11 is 5.92. The fourth-order valence-corrected chi connectivity index (χ4v) is 2.71. The fraction of sp³-hybridized carbons (Fsp3) is 0.600. The van der Waals surface area contributed by atoms with Gasteiger partial charge in [-0.3, -0.25) is 4.79 Å². The van der Waals surface area contributed by atoms with Crippen LogP contribution in [-0.2, 0) is 16.0 Å². The number of carbonyl (C=O) groups excluding carboxylic acids is 1. The van der Waals surface area contributed by atoms with E-state index in [1.54, 1.807) is 32.9 Å². The van der Waals surface area contributed by atoms with Crippen LogP contribution in [0.15, 0.2) is 24.3 Å². The minimum absolute atomic E-state index is 0.243. The summed E-state index contributed by atoms with van der Waals surface area (Å²) in [5, 5.41) is 15.9. The average Bonchev–Trinajstić information content (AvgIpc) is 2.50. The molecule has 1 aromatic carbocycles. The van der Waals surface area contributed by atoms with E-state index in [-0.39, 0.29) is 12.0 Å². The topological polar surface area (TPSA) is 87.7 Å². The van der Waals surface area contributed by atoms with E-state index >= 15 is 0 Å². The Hall–Kier alpha value is -1.79. The van der Waals surface area contributed by atoms with Crippen molar-refractivity contribution in [2.24, 2.45) is 5.92 Å². The molecule has 3 N–H and O–H groups in total. The van der Waals surface area contributed by atoms with Gasteiger partial charge < -0.3 is 20.5 Å². The van der Waals surface area contributed by atoms with Crippen LogP contribution in [0.4, 0.5) is 4.79 Å². The average molecular weight is 399 g/mol. The van der Waals surface area contributed by atoms with Gasteiger partial charge >= 0.3 is 12.1 Å². The summed E-state index contributed by atoms with van der Waals surface area (Å²) in [4.78, 5) is 23.6. The van der Waals surface area contributed by atoms with Crippen molar-refractivity contribution in [2.45, 2.75) is 65.1 Å². The van der Waals surface area contributed by atoms with Gasteiger partial charge in [0.15, 0.2) is 0 Å². The van der Waals surface area contributed by atoms with Crippen molar-refractivity contribution in [2.75, 3.05) is 6.54 Å². The Balaban J connectivity index is 2.80. The Bertz CT molecular complexity index is 611. The Labute approximate surface area is 166 Å². The number of amides is 1. The zero-order valence-electron chi connectivity index (χ0n) is 16.7. The van der Waals surface area contributed by atoms with Crippen LogP contribution in [0.3, 0.4) is 0 Å². The van der Waals surface area contributed by atoms with E-state index in [4.69, 9.17) is 16.3 Å². The highest BCUT2D eigenvalue weighted by molar-refractivity contribution is 6.30. The second kappa shape index (κ2) is 10.5. The number of halogens is 1. The summed E-state index contributed by atoms with van der Waals surface area (Å²) in [7, 11) is 0. The SMILES string of the molecule is CC(C)CC(NCC(Cc1ccc(Cl)cc1)NC(=O)OC(C)(C)C)C(=O)O. The van der Waals surface area contributed by atoms with E-state index in [0.29, 0.717) is 24.4 Å². The molecule has 0 bridgehead atoms. The van der Waals surface area contributed by atoms with Crippen molar-refractivity contribution >= 4 is 23.7 Å². The maximum absolute atomic E-state index is 12.2. The largest absolute Gasteiger partial charge is 0.480 e. The number of alkyl carbamates (subject to hydrolysis) is 1. The van der Waals surface area contributed by atoms with Gasteiger partial charge in [-0.25, -0.2) is 4.79 Å². The molecule has 1 aromatic rings. The maximum atomic E-state index is 12.2. The molecular weight excluding hydrogens is 368 g/mol. The van der Waals surface area contributed by atoms with E-state index in [2.05, 4.69) is 10.6 Å². The van der Waals surface area contributed by atoms with Crippen LogP contribution >= 0.6 is 11.6 Å². The number of benzene rings is 1. The Kier molecular flexibility index (Phi) is 9.06. The minimum Gasteiger partial charge on any atom is -0.480 e. The lowest BCUT2D eigenvalue weighted by atomic mass is 10.0. The summed E-state index contributed by atoms with van der Waals surface area (Å²) in [5.41, 5.74) is 0.377. The Morgan fingerprint density at radius 3 is 2.26 bits per heavy atom. The number of aliphatic carboxylic acids is 1. The molecular formula is C20H31ClN2O4. The number of carboxylic acid groups (broad SMARTS) is 1. The highest BCUT2D eigenvalue weighted by atomic mass is 35.5. The first-order valence-electron chi connectivity index (χ1n) is 9.16. The van der Waals surface area contributed by atoms with Gasteiger partial charge in [0.1, 0.15) is 11.6 Å². The van der Waals surface area contributed by atoms with Crippen molar-refractivity contribution in [3.05, 3.63) is 34.9 Å². The molecule has 0 aliphatic heterocycles. The Morgan fingerprint density at radius 1 is 1.19 bits per heavy atom. The van der Waals surface area contributed by atoms with Gasteiger partial charge in [-0.05, 0) is 57.2 Å². The van der Waals surface area contributed by atoms with Crippen molar-refractivity contribution in [1.29, 1.82) is 0 Å². The number of hydrogen-bond donors (Lipinski definition) is 3.